The first kappa shape index (κ1) is 14.0. The molecule has 0 heterocycles. The van der Waals surface area contributed by atoms with Gasteiger partial charge in [0.05, 0.1) is 5.75 Å². The van der Waals surface area contributed by atoms with E-state index in [-0.39, 0.29) is 11.3 Å². The summed E-state index contributed by atoms with van der Waals surface area (Å²) in [5.74, 6) is -3.10. The molecule has 4 heteroatoms. The lowest BCUT2D eigenvalue weighted by atomic mass is 10.1. The summed E-state index contributed by atoms with van der Waals surface area (Å²) >= 11 is 1.15. The zero-order chi connectivity index (χ0) is 13.7. The van der Waals surface area contributed by atoms with Crippen LogP contribution in [-0.4, -0.2) is 5.75 Å². The van der Waals surface area contributed by atoms with E-state index in [1.54, 1.807) is 18.2 Å². The van der Waals surface area contributed by atoms with Gasteiger partial charge < -0.3 is 5.73 Å². The van der Waals surface area contributed by atoms with Crippen molar-refractivity contribution in [2.75, 3.05) is 5.75 Å². The van der Waals surface area contributed by atoms with Gasteiger partial charge in [0, 0.05) is 17.0 Å². The normalized spacial score (nSPS) is 11.5. The van der Waals surface area contributed by atoms with Gasteiger partial charge in [-0.2, -0.15) is 0 Å². The Kier molecular flexibility index (Phi) is 4.56. The van der Waals surface area contributed by atoms with Gasteiger partial charge in [-0.3, -0.25) is 0 Å². The second kappa shape index (κ2) is 6.17. The van der Waals surface area contributed by atoms with E-state index in [1.807, 2.05) is 24.3 Å². The van der Waals surface area contributed by atoms with E-state index < -0.39 is 5.92 Å². The SMILES string of the molecule is NCc1cccc(SCC(F)(F)c2ccccc2)c1. The van der Waals surface area contributed by atoms with Crippen molar-refractivity contribution in [3.8, 4) is 0 Å². The highest BCUT2D eigenvalue weighted by atomic mass is 32.2. The Morgan fingerprint density at radius 3 is 2.42 bits per heavy atom. The van der Waals surface area contributed by atoms with Crippen molar-refractivity contribution in [2.24, 2.45) is 5.73 Å². The average Bonchev–Trinajstić information content (AvgIpc) is 2.46. The topological polar surface area (TPSA) is 26.0 Å². The zero-order valence-corrected chi connectivity index (χ0v) is 11.2. The van der Waals surface area contributed by atoms with Crippen LogP contribution in [0.25, 0.3) is 0 Å². The summed E-state index contributed by atoms with van der Waals surface area (Å²) in [7, 11) is 0. The van der Waals surface area contributed by atoms with E-state index in [2.05, 4.69) is 0 Å². The van der Waals surface area contributed by atoms with Crippen molar-refractivity contribution in [1.82, 2.24) is 0 Å². The number of hydrogen-bond acceptors (Lipinski definition) is 2. The molecule has 19 heavy (non-hydrogen) atoms. The van der Waals surface area contributed by atoms with Crippen molar-refractivity contribution in [3.05, 3.63) is 65.7 Å². The number of rotatable bonds is 5. The fraction of sp³-hybridized carbons (Fsp3) is 0.200. The molecule has 0 aliphatic rings. The first-order valence-electron chi connectivity index (χ1n) is 5.97. The lowest BCUT2D eigenvalue weighted by Crippen LogP contribution is -2.16. The van der Waals surface area contributed by atoms with Crippen LogP contribution >= 0.6 is 11.8 Å². The number of benzene rings is 2. The molecule has 2 aromatic rings. The van der Waals surface area contributed by atoms with Gasteiger partial charge in [-0.1, -0.05) is 42.5 Å². The summed E-state index contributed by atoms with van der Waals surface area (Å²) in [4.78, 5) is 0.818. The molecule has 0 aliphatic carbocycles. The van der Waals surface area contributed by atoms with E-state index in [0.29, 0.717) is 6.54 Å². The van der Waals surface area contributed by atoms with E-state index in [9.17, 15) is 8.78 Å². The molecule has 0 aromatic heterocycles. The quantitative estimate of drug-likeness (QED) is 0.836. The fourth-order valence-electron chi connectivity index (χ4n) is 1.70. The summed E-state index contributed by atoms with van der Waals surface area (Å²) in [6, 6.07) is 15.3. The van der Waals surface area contributed by atoms with Crippen molar-refractivity contribution in [1.29, 1.82) is 0 Å². The predicted octanol–water partition coefficient (Wildman–Crippen LogP) is 4.03. The van der Waals surface area contributed by atoms with Crippen molar-refractivity contribution in [2.45, 2.75) is 17.4 Å². The maximum atomic E-state index is 14.0. The molecule has 2 N–H and O–H groups in total. The Bertz CT molecular complexity index is 529. The van der Waals surface area contributed by atoms with Crippen molar-refractivity contribution in [3.63, 3.8) is 0 Å². The van der Waals surface area contributed by atoms with Gasteiger partial charge >= 0.3 is 0 Å². The third-order valence-corrected chi connectivity index (χ3v) is 3.84. The molecular weight excluding hydrogens is 264 g/mol. The van der Waals surface area contributed by atoms with Gasteiger partial charge in [0.15, 0.2) is 0 Å². The van der Waals surface area contributed by atoms with Crippen LogP contribution in [0.15, 0.2) is 59.5 Å². The van der Waals surface area contributed by atoms with Gasteiger partial charge in [0.1, 0.15) is 0 Å². The molecule has 0 radical (unpaired) electrons. The zero-order valence-electron chi connectivity index (χ0n) is 10.4. The summed E-state index contributed by atoms with van der Waals surface area (Å²) < 4.78 is 28.0. The number of hydrogen-bond donors (Lipinski definition) is 1. The van der Waals surface area contributed by atoms with Crippen LogP contribution in [0.2, 0.25) is 0 Å². The second-order valence-corrected chi connectivity index (χ2v) is 5.26. The van der Waals surface area contributed by atoms with E-state index in [4.69, 9.17) is 5.73 Å². The average molecular weight is 279 g/mol. The third-order valence-electron chi connectivity index (χ3n) is 2.75. The summed E-state index contributed by atoms with van der Waals surface area (Å²) in [5.41, 5.74) is 6.54. The molecule has 100 valence electrons. The molecule has 0 saturated carbocycles. The molecule has 0 atom stereocenters. The van der Waals surface area contributed by atoms with Crippen LogP contribution < -0.4 is 5.73 Å². The molecule has 2 rings (SSSR count). The summed E-state index contributed by atoms with van der Waals surface area (Å²) in [6.07, 6.45) is 0. The van der Waals surface area contributed by atoms with Gasteiger partial charge in [0.2, 0.25) is 0 Å². The monoisotopic (exact) mass is 279 g/mol. The molecule has 0 fully saturated rings. The predicted molar refractivity (Wildman–Crippen MR) is 75.4 cm³/mol. The van der Waals surface area contributed by atoms with Gasteiger partial charge in [-0.25, -0.2) is 8.78 Å². The molecule has 0 unspecified atom stereocenters. The third kappa shape index (κ3) is 3.78. The Balaban J connectivity index is 2.05. The Morgan fingerprint density at radius 1 is 1.00 bits per heavy atom. The van der Waals surface area contributed by atoms with Crippen molar-refractivity contribution >= 4 is 11.8 Å². The van der Waals surface area contributed by atoms with Crippen LogP contribution in [0.4, 0.5) is 8.78 Å². The highest BCUT2D eigenvalue weighted by molar-refractivity contribution is 7.99. The molecule has 0 spiro atoms. The lowest BCUT2D eigenvalue weighted by Gasteiger charge is -2.16. The van der Waals surface area contributed by atoms with E-state index in [1.165, 1.54) is 12.1 Å². The first-order chi connectivity index (χ1) is 9.12. The van der Waals surface area contributed by atoms with Crippen LogP contribution in [0, 0.1) is 0 Å². The minimum Gasteiger partial charge on any atom is -0.326 e. The largest absolute Gasteiger partial charge is 0.326 e. The van der Waals surface area contributed by atoms with Crippen molar-refractivity contribution < 1.29 is 8.78 Å². The molecule has 0 amide bonds. The second-order valence-electron chi connectivity index (χ2n) is 4.21. The number of nitrogens with two attached hydrogens (primary N) is 1. The Morgan fingerprint density at radius 2 is 1.74 bits per heavy atom. The van der Waals surface area contributed by atoms with Crippen LogP contribution in [0.1, 0.15) is 11.1 Å². The Hall–Kier alpha value is -1.39. The molecule has 0 saturated heterocycles. The molecule has 0 aliphatic heterocycles. The maximum absolute atomic E-state index is 14.0. The highest BCUT2D eigenvalue weighted by Gasteiger charge is 2.31. The highest BCUT2D eigenvalue weighted by Crippen LogP contribution is 2.34. The van der Waals surface area contributed by atoms with Gasteiger partial charge in [-0.15, -0.1) is 11.8 Å². The lowest BCUT2D eigenvalue weighted by molar-refractivity contribution is 0.0232. The van der Waals surface area contributed by atoms with Crippen LogP contribution in [-0.2, 0) is 12.5 Å². The van der Waals surface area contributed by atoms with Gasteiger partial charge in [-0.05, 0) is 17.7 Å². The fourth-order valence-corrected chi connectivity index (χ4v) is 2.63. The number of halogens is 2. The minimum atomic E-state index is -2.83. The van der Waals surface area contributed by atoms with Crippen LogP contribution in [0.5, 0.6) is 0 Å². The first-order valence-corrected chi connectivity index (χ1v) is 6.95. The maximum Gasteiger partial charge on any atom is 0.282 e. The molecule has 2 aromatic carbocycles. The summed E-state index contributed by atoms with van der Waals surface area (Å²) in [5, 5.41) is 0. The summed E-state index contributed by atoms with van der Waals surface area (Å²) in [6.45, 7) is 0.420. The van der Waals surface area contributed by atoms with Gasteiger partial charge in [0.25, 0.3) is 5.92 Å². The molecule has 0 bridgehead atoms. The van der Waals surface area contributed by atoms with E-state index >= 15 is 0 Å². The number of alkyl halides is 2. The smallest absolute Gasteiger partial charge is 0.282 e. The standard InChI is InChI=1S/C15H15F2NS/c16-15(17,13-6-2-1-3-7-13)11-19-14-8-4-5-12(9-14)10-18/h1-9H,10-11,18H2. The molecular formula is C15H15F2NS. The van der Waals surface area contributed by atoms with E-state index in [0.717, 1.165) is 22.2 Å². The Labute approximate surface area is 115 Å². The van der Waals surface area contributed by atoms with Crippen LogP contribution in [0.3, 0.4) is 0 Å². The molecule has 1 nitrogen and oxygen atoms in total. The minimum absolute atomic E-state index is 0.0532. The number of thioether (sulfide) groups is 1.